The Balaban J connectivity index is 1.68. The highest BCUT2D eigenvalue weighted by Gasteiger charge is 2.37. The lowest BCUT2D eigenvalue weighted by Crippen LogP contribution is -2.49. The molecule has 0 aliphatic rings. The maximum atomic E-state index is 13.7. The first-order valence-electron chi connectivity index (χ1n) is 11.0. The summed E-state index contributed by atoms with van der Waals surface area (Å²) >= 11 is 0. The van der Waals surface area contributed by atoms with Crippen LogP contribution in [0.5, 0.6) is 5.75 Å². The van der Waals surface area contributed by atoms with Crippen molar-refractivity contribution >= 4 is 16.8 Å². The summed E-state index contributed by atoms with van der Waals surface area (Å²) in [5, 5.41) is 12.0. The number of nitrogens with zero attached hydrogens (tertiary/aromatic N) is 4. The van der Waals surface area contributed by atoms with Gasteiger partial charge in [-0.15, -0.1) is 0 Å². The fourth-order valence-electron chi connectivity index (χ4n) is 3.82. The monoisotopic (exact) mass is 467 g/mol. The van der Waals surface area contributed by atoms with E-state index in [-0.39, 0.29) is 5.92 Å². The Kier molecular flexibility index (Phi) is 6.37. The van der Waals surface area contributed by atoms with E-state index in [9.17, 15) is 13.6 Å². The lowest BCUT2D eigenvalue weighted by atomic mass is 9.92. The normalized spacial score (nSPS) is 13.7. The predicted molar refractivity (Wildman–Crippen MR) is 125 cm³/mol. The van der Waals surface area contributed by atoms with Crippen LogP contribution in [0.1, 0.15) is 32.4 Å². The number of aromatic nitrogens is 4. The van der Waals surface area contributed by atoms with E-state index in [1.807, 2.05) is 69.6 Å². The first kappa shape index (κ1) is 23.4. The molecule has 2 aromatic carbocycles. The Bertz CT molecular complexity index is 1280. The summed E-state index contributed by atoms with van der Waals surface area (Å²) < 4.78 is 37.2. The lowest BCUT2D eigenvalue weighted by molar-refractivity contribution is -0.145. The number of alkyl halides is 2. The van der Waals surface area contributed by atoms with Crippen LogP contribution in [0.3, 0.4) is 0 Å². The van der Waals surface area contributed by atoms with E-state index in [0.29, 0.717) is 12.7 Å². The van der Waals surface area contributed by atoms with E-state index in [1.165, 1.54) is 0 Å². The number of rotatable bonds is 8. The molecule has 0 bridgehead atoms. The first-order chi connectivity index (χ1) is 16.1. The van der Waals surface area contributed by atoms with Crippen LogP contribution in [0.4, 0.5) is 8.78 Å². The molecule has 0 radical (unpaired) electrons. The number of benzene rings is 2. The number of nitrogens with one attached hydrogen (secondary N) is 1. The summed E-state index contributed by atoms with van der Waals surface area (Å²) in [5.41, 5.74) is 2.47. The van der Waals surface area contributed by atoms with Gasteiger partial charge in [-0.05, 0) is 29.7 Å². The van der Waals surface area contributed by atoms with Gasteiger partial charge < -0.3 is 10.1 Å². The Morgan fingerprint density at radius 1 is 1.09 bits per heavy atom. The molecule has 2 atom stereocenters. The molecule has 34 heavy (non-hydrogen) atoms. The fraction of sp³-hybridized carbons (Fsp3) is 0.320. The van der Waals surface area contributed by atoms with Gasteiger partial charge in [-0.3, -0.25) is 9.48 Å². The van der Waals surface area contributed by atoms with Gasteiger partial charge in [0.05, 0.1) is 30.1 Å². The van der Waals surface area contributed by atoms with Crippen LogP contribution >= 0.6 is 0 Å². The molecule has 0 saturated heterocycles. The van der Waals surface area contributed by atoms with Gasteiger partial charge in [0, 0.05) is 19.4 Å². The van der Waals surface area contributed by atoms with Gasteiger partial charge in [-0.25, -0.2) is 4.68 Å². The molecule has 4 aromatic rings. The standard InChI is InChI=1S/C25H27F2N5O2/c1-16(2)22(30-24(33)25(3,26)27)23(17-8-6-5-7-9-17)34-20-10-11-21-18(12-20)13-29-32(21)19-14-28-31(4)15-19/h5-16,22-23H,1-4H3,(H,30,33)/t22-,23+/m0/s1. The zero-order valence-electron chi connectivity index (χ0n) is 19.4. The van der Waals surface area contributed by atoms with Crippen LogP contribution in [0, 0.1) is 5.92 Å². The quantitative estimate of drug-likeness (QED) is 0.409. The number of carbonyl (C=O) groups is 1. The van der Waals surface area contributed by atoms with Crippen molar-refractivity contribution in [1.29, 1.82) is 0 Å². The maximum Gasteiger partial charge on any atom is 0.321 e. The molecule has 1 N–H and O–H groups in total. The molecule has 2 aromatic heterocycles. The molecular formula is C25H27F2N5O2. The van der Waals surface area contributed by atoms with Crippen molar-refractivity contribution in [3.63, 3.8) is 0 Å². The van der Waals surface area contributed by atoms with E-state index in [4.69, 9.17) is 4.74 Å². The second-order valence-electron chi connectivity index (χ2n) is 8.73. The number of halogens is 2. The number of ether oxygens (including phenoxy) is 1. The van der Waals surface area contributed by atoms with Crippen LogP contribution in [-0.4, -0.2) is 37.4 Å². The number of fused-ring (bicyclic) bond motifs is 1. The van der Waals surface area contributed by atoms with E-state index < -0.39 is 24.0 Å². The number of hydrogen-bond donors (Lipinski definition) is 1. The molecule has 0 unspecified atom stereocenters. The number of carbonyl (C=O) groups excluding carboxylic acids is 1. The van der Waals surface area contributed by atoms with E-state index in [1.54, 1.807) is 27.8 Å². The molecule has 9 heteroatoms. The number of aryl methyl sites for hydroxylation is 1. The predicted octanol–water partition coefficient (Wildman–Crippen LogP) is 4.68. The topological polar surface area (TPSA) is 74.0 Å². The molecule has 0 spiro atoms. The molecule has 0 aliphatic heterocycles. The second-order valence-corrected chi connectivity index (χ2v) is 8.73. The fourth-order valence-corrected chi connectivity index (χ4v) is 3.82. The van der Waals surface area contributed by atoms with Gasteiger partial charge in [-0.1, -0.05) is 44.2 Å². The lowest BCUT2D eigenvalue weighted by Gasteiger charge is -2.32. The third kappa shape index (κ3) is 4.93. The smallest absolute Gasteiger partial charge is 0.321 e. The van der Waals surface area contributed by atoms with Crippen molar-refractivity contribution in [2.75, 3.05) is 0 Å². The van der Waals surface area contributed by atoms with Crippen LogP contribution in [0.15, 0.2) is 67.1 Å². The highest BCUT2D eigenvalue weighted by atomic mass is 19.3. The third-order valence-electron chi connectivity index (χ3n) is 5.61. The molecule has 7 nitrogen and oxygen atoms in total. The highest BCUT2D eigenvalue weighted by Crippen LogP contribution is 2.31. The van der Waals surface area contributed by atoms with Gasteiger partial charge >= 0.3 is 5.92 Å². The zero-order chi connectivity index (χ0) is 24.5. The number of hydrogen-bond acceptors (Lipinski definition) is 4. The summed E-state index contributed by atoms with van der Waals surface area (Å²) in [6.45, 7) is 4.31. The Morgan fingerprint density at radius 2 is 1.82 bits per heavy atom. The average Bonchev–Trinajstić information content (AvgIpc) is 3.41. The molecule has 178 valence electrons. The molecule has 0 saturated carbocycles. The largest absolute Gasteiger partial charge is 0.484 e. The van der Waals surface area contributed by atoms with Gasteiger partial charge in [0.15, 0.2) is 0 Å². The highest BCUT2D eigenvalue weighted by molar-refractivity contribution is 5.83. The third-order valence-corrected chi connectivity index (χ3v) is 5.61. The minimum atomic E-state index is -3.49. The zero-order valence-corrected chi connectivity index (χ0v) is 19.4. The Morgan fingerprint density at radius 3 is 2.44 bits per heavy atom. The Hall–Kier alpha value is -3.75. The average molecular weight is 468 g/mol. The summed E-state index contributed by atoms with van der Waals surface area (Å²) in [7, 11) is 1.84. The van der Waals surface area contributed by atoms with Gasteiger partial charge in [0.25, 0.3) is 5.91 Å². The SMILES string of the molecule is CC(C)[C@H](NC(=O)C(C)(F)F)[C@H](Oc1ccc2c(cnn2-c2cnn(C)c2)c1)c1ccccc1. The summed E-state index contributed by atoms with van der Waals surface area (Å²) in [5.74, 6) is -4.46. The van der Waals surface area contributed by atoms with Gasteiger partial charge in [0.1, 0.15) is 17.5 Å². The summed E-state index contributed by atoms with van der Waals surface area (Å²) in [6.07, 6.45) is 4.63. The van der Waals surface area contributed by atoms with Gasteiger partial charge in [-0.2, -0.15) is 19.0 Å². The minimum Gasteiger partial charge on any atom is -0.484 e. The van der Waals surface area contributed by atoms with E-state index in [2.05, 4.69) is 15.5 Å². The first-order valence-corrected chi connectivity index (χ1v) is 11.0. The molecule has 1 amide bonds. The molecule has 0 fully saturated rings. The summed E-state index contributed by atoms with van der Waals surface area (Å²) in [6, 6.07) is 14.1. The van der Waals surface area contributed by atoms with Crippen LogP contribution in [0.25, 0.3) is 16.6 Å². The van der Waals surface area contributed by atoms with E-state index in [0.717, 1.165) is 22.2 Å². The van der Waals surface area contributed by atoms with Crippen molar-refractivity contribution in [3.05, 3.63) is 72.7 Å². The van der Waals surface area contributed by atoms with Crippen LogP contribution in [0.2, 0.25) is 0 Å². The van der Waals surface area contributed by atoms with Crippen LogP contribution in [-0.2, 0) is 11.8 Å². The second kappa shape index (κ2) is 9.24. The Labute approximate surface area is 196 Å². The summed E-state index contributed by atoms with van der Waals surface area (Å²) in [4.78, 5) is 12.1. The maximum absolute atomic E-state index is 13.7. The minimum absolute atomic E-state index is 0.173. The van der Waals surface area contributed by atoms with Crippen molar-refractivity contribution < 1.29 is 18.3 Å². The molecular weight excluding hydrogens is 440 g/mol. The van der Waals surface area contributed by atoms with Crippen LogP contribution < -0.4 is 10.1 Å². The van der Waals surface area contributed by atoms with Gasteiger partial charge in [0.2, 0.25) is 0 Å². The van der Waals surface area contributed by atoms with E-state index >= 15 is 0 Å². The van der Waals surface area contributed by atoms with Crippen molar-refractivity contribution in [3.8, 4) is 11.4 Å². The van der Waals surface area contributed by atoms with Crippen molar-refractivity contribution in [1.82, 2.24) is 24.9 Å². The molecule has 0 aliphatic carbocycles. The van der Waals surface area contributed by atoms with Crippen molar-refractivity contribution in [2.24, 2.45) is 13.0 Å². The number of amides is 1. The molecule has 2 heterocycles. The van der Waals surface area contributed by atoms with Crippen molar-refractivity contribution in [2.45, 2.75) is 38.8 Å². The molecule has 4 rings (SSSR count).